The summed E-state index contributed by atoms with van der Waals surface area (Å²) in [5, 5.41) is 16.9. The number of benzene rings is 2. The summed E-state index contributed by atoms with van der Waals surface area (Å²) in [7, 11) is 1.50. The van der Waals surface area contributed by atoms with Crippen LogP contribution in [-0.4, -0.2) is 47.7 Å². The Hall–Kier alpha value is -2.97. The monoisotopic (exact) mass is 471 g/mol. The van der Waals surface area contributed by atoms with Gasteiger partial charge in [-0.2, -0.15) is 0 Å². The number of hydrogen-bond acceptors (Lipinski definition) is 5. The molecule has 2 aromatic carbocycles. The van der Waals surface area contributed by atoms with Crippen molar-refractivity contribution in [1.29, 1.82) is 0 Å². The largest absolute Gasteiger partial charge is 0.362 e. The van der Waals surface area contributed by atoms with Gasteiger partial charge in [-0.3, -0.25) is 19.6 Å². The Kier molecular flexibility index (Phi) is 8.80. The molecule has 0 saturated heterocycles. The molecule has 0 spiro atoms. The number of nitrogens with one attached hydrogen (secondary N) is 3. The highest BCUT2D eigenvalue weighted by Crippen LogP contribution is 2.26. The molecule has 34 heavy (non-hydrogen) atoms. The first kappa shape index (κ1) is 27.3. The van der Waals surface area contributed by atoms with Crippen LogP contribution in [0.25, 0.3) is 10.8 Å². The van der Waals surface area contributed by atoms with Gasteiger partial charge in [-0.05, 0) is 48.9 Å². The second kappa shape index (κ2) is 11.0. The molecule has 0 radical (unpaired) electrons. The third-order valence-electron chi connectivity index (χ3n) is 5.48. The standard InChI is InChI=1S/C26H37N3O5/c1-25(2,3)21(24(32)27-7)28-22(30)19(20(23(31)29-33)34-26(4,5)6)15-16-12-13-17-10-8-9-11-18(17)14-16/h8-14,19-21,33H,15H2,1-7H3,(H,27,32)(H,28,30)(H,29,31)/t19-,20+,21-/m1/s1. The van der Waals surface area contributed by atoms with Gasteiger partial charge in [0.1, 0.15) is 6.04 Å². The maximum Gasteiger partial charge on any atom is 0.273 e. The summed E-state index contributed by atoms with van der Waals surface area (Å²) in [6.45, 7) is 10.8. The summed E-state index contributed by atoms with van der Waals surface area (Å²) in [5.74, 6) is -2.70. The van der Waals surface area contributed by atoms with Crippen LogP contribution in [0.4, 0.5) is 0 Å². The summed E-state index contributed by atoms with van der Waals surface area (Å²) in [6, 6.07) is 12.8. The molecule has 4 N–H and O–H groups in total. The van der Waals surface area contributed by atoms with Crippen LogP contribution in [0.2, 0.25) is 0 Å². The lowest BCUT2D eigenvalue weighted by molar-refractivity contribution is -0.162. The van der Waals surface area contributed by atoms with E-state index in [0.717, 1.165) is 16.3 Å². The SMILES string of the molecule is CNC(=O)[C@@H](NC(=O)[C@H](Cc1ccc2ccccc2c1)[C@H](OC(C)(C)C)C(=O)NO)C(C)(C)C. The van der Waals surface area contributed by atoms with Gasteiger partial charge in [0.25, 0.3) is 5.91 Å². The first-order valence-corrected chi connectivity index (χ1v) is 11.4. The number of hydroxylamine groups is 1. The molecule has 2 rings (SSSR count). The summed E-state index contributed by atoms with van der Waals surface area (Å²) >= 11 is 0. The second-order valence-electron chi connectivity index (χ2n) is 10.5. The smallest absolute Gasteiger partial charge is 0.273 e. The quantitative estimate of drug-likeness (QED) is 0.349. The minimum Gasteiger partial charge on any atom is -0.362 e. The summed E-state index contributed by atoms with van der Waals surface area (Å²) in [4.78, 5) is 38.8. The van der Waals surface area contributed by atoms with E-state index in [4.69, 9.17) is 4.74 Å². The zero-order valence-electron chi connectivity index (χ0n) is 21.1. The highest BCUT2D eigenvalue weighted by Gasteiger charge is 2.40. The molecule has 0 bridgehead atoms. The molecule has 0 heterocycles. The third kappa shape index (κ3) is 7.27. The highest BCUT2D eigenvalue weighted by molar-refractivity contribution is 5.93. The second-order valence-corrected chi connectivity index (χ2v) is 10.5. The number of carbonyl (C=O) groups is 3. The van der Waals surface area contributed by atoms with Gasteiger partial charge < -0.3 is 15.4 Å². The minimum atomic E-state index is -1.29. The summed E-state index contributed by atoms with van der Waals surface area (Å²) in [5.41, 5.74) is 1.10. The van der Waals surface area contributed by atoms with E-state index in [9.17, 15) is 19.6 Å². The van der Waals surface area contributed by atoms with Crippen LogP contribution in [0, 0.1) is 11.3 Å². The van der Waals surface area contributed by atoms with Crippen LogP contribution in [0.3, 0.4) is 0 Å². The van der Waals surface area contributed by atoms with Gasteiger partial charge in [-0.25, -0.2) is 5.48 Å². The van der Waals surface area contributed by atoms with E-state index in [1.807, 2.05) is 63.2 Å². The predicted molar refractivity (Wildman–Crippen MR) is 131 cm³/mol. The molecule has 0 fully saturated rings. The number of rotatable bonds is 8. The van der Waals surface area contributed by atoms with Gasteiger partial charge in [-0.1, -0.05) is 63.2 Å². The van der Waals surface area contributed by atoms with Crippen LogP contribution in [-0.2, 0) is 25.5 Å². The van der Waals surface area contributed by atoms with Crippen molar-refractivity contribution in [3.05, 3.63) is 48.0 Å². The molecule has 8 nitrogen and oxygen atoms in total. The van der Waals surface area contributed by atoms with E-state index in [0.29, 0.717) is 0 Å². The Labute approximate surface area is 201 Å². The van der Waals surface area contributed by atoms with E-state index >= 15 is 0 Å². The minimum absolute atomic E-state index is 0.162. The van der Waals surface area contributed by atoms with Crippen molar-refractivity contribution in [2.45, 2.75) is 65.7 Å². The molecular weight excluding hydrogens is 434 g/mol. The van der Waals surface area contributed by atoms with Crippen molar-refractivity contribution in [2.24, 2.45) is 11.3 Å². The van der Waals surface area contributed by atoms with Crippen molar-refractivity contribution < 1.29 is 24.3 Å². The van der Waals surface area contributed by atoms with Crippen LogP contribution >= 0.6 is 0 Å². The van der Waals surface area contributed by atoms with Crippen LogP contribution in [0.15, 0.2) is 42.5 Å². The van der Waals surface area contributed by atoms with Gasteiger partial charge in [0.15, 0.2) is 6.10 Å². The van der Waals surface area contributed by atoms with Gasteiger partial charge in [0.2, 0.25) is 11.8 Å². The fraction of sp³-hybridized carbons (Fsp3) is 0.500. The van der Waals surface area contributed by atoms with Gasteiger partial charge in [0.05, 0.1) is 11.5 Å². The van der Waals surface area contributed by atoms with E-state index < -0.39 is 40.9 Å². The van der Waals surface area contributed by atoms with E-state index in [1.165, 1.54) is 7.05 Å². The zero-order chi connectivity index (χ0) is 25.7. The molecule has 2 aromatic rings. The first-order valence-electron chi connectivity index (χ1n) is 11.4. The van der Waals surface area contributed by atoms with Crippen molar-refractivity contribution >= 4 is 28.5 Å². The molecule has 0 aliphatic carbocycles. The highest BCUT2D eigenvalue weighted by atomic mass is 16.5. The zero-order valence-corrected chi connectivity index (χ0v) is 21.1. The van der Waals surface area contributed by atoms with Crippen molar-refractivity contribution in [3.8, 4) is 0 Å². The Morgan fingerprint density at radius 1 is 0.912 bits per heavy atom. The van der Waals surface area contributed by atoms with Crippen molar-refractivity contribution in [2.75, 3.05) is 7.05 Å². The Balaban J connectivity index is 2.50. The van der Waals surface area contributed by atoms with E-state index in [2.05, 4.69) is 10.6 Å². The fourth-order valence-electron chi connectivity index (χ4n) is 3.79. The molecule has 8 heteroatoms. The van der Waals surface area contributed by atoms with Crippen molar-refractivity contribution in [3.63, 3.8) is 0 Å². The third-order valence-corrected chi connectivity index (χ3v) is 5.48. The van der Waals surface area contributed by atoms with E-state index in [-0.39, 0.29) is 12.3 Å². The van der Waals surface area contributed by atoms with Gasteiger partial charge in [0, 0.05) is 7.05 Å². The Morgan fingerprint density at radius 3 is 2.06 bits per heavy atom. The molecular formula is C26H37N3O5. The number of amides is 3. The lowest BCUT2D eigenvalue weighted by atomic mass is 9.84. The van der Waals surface area contributed by atoms with Gasteiger partial charge in [-0.15, -0.1) is 0 Å². The molecule has 3 amide bonds. The normalized spacial score (nSPS) is 14.7. The molecule has 0 aliphatic heterocycles. The van der Waals surface area contributed by atoms with Crippen LogP contribution in [0.1, 0.15) is 47.1 Å². The Morgan fingerprint density at radius 2 is 1.53 bits per heavy atom. The molecule has 0 aliphatic rings. The molecule has 3 atom stereocenters. The number of ether oxygens (including phenoxy) is 1. The number of carbonyl (C=O) groups excluding carboxylic acids is 3. The molecule has 0 saturated carbocycles. The number of fused-ring (bicyclic) bond motifs is 1. The fourth-order valence-corrected chi connectivity index (χ4v) is 3.79. The van der Waals surface area contributed by atoms with Crippen LogP contribution in [0.5, 0.6) is 0 Å². The maximum absolute atomic E-state index is 13.6. The molecule has 0 aromatic heterocycles. The lowest BCUT2D eigenvalue weighted by Gasteiger charge is -2.34. The first-order chi connectivity index (χ1) is 15.8. The lowest BCUT2D eigenvalue weighted by Crippen LogP contribution is -2.57. The maximum atomic E-state index is 13.6. The van der Waals surface area contributed by atoms with Gasteiger partial charge >= 0.3 is 0 Å². The number of hydrogen-bond donors (Lipinski definition) is 4. The Bertz CT molecular complexity index is 1020. The summed E-state index contributed by atoms with van der Waals surface area (Å²) in [6.07, 6.45) is -1.13. The topological polar surface area (TPSA) is 117 Å². The average Bonchev–Trinajstić information content (AvgIpc) is 2.76. The number of likely N-dealkylation sites (N-methyl/N-ethyl adjacent to an activating group) is 1. The van der Waals surface area contributed by atoms with Crippen molar-refractivity contribution in [1.82, 2.24) is 16.1 Å². The predicted octanol–water partition coefficient (Wildman–Crippen LogP) is 2.96. The van der Waals surface area contributed by atoms with Crippen LogP contribution < -0.4 is 16.1 Å². The molecule has 186 valence electrons. The summed E-state index contributed by atoms with van der Waals surface area (Å²) < 4.78 is 5.95. The molecule has 0 unspecified atom stereocenters. The van der Waals surface area contributed by atoms with E-state index in [1.54, 1.807) is 26.3 Å². The average molecular weight is 472 g/mol.